The molecule has 2 aliphatic rings. The highest BCUT2D eigenvalue weighted by Crippen LogP contribution is 2.31. The molecule has 0 aromatic heterocycles. The monoisotopic (exact) mass is 266 g/mol. The lowest BCUT2D eigenvalue weighted by atomic mass is 9.80. The topological polar surface area (TPSA) is 15.3 Å². The highest BCUT2D eigenvalue weighted by molar-refractivity contribution is 4.81. The van der Waals surface area contributed by atoms with Gasteiger partial charge in [0.1, 0.15) is 0 Å². The van der Waals surface area contributed by atoms with Crippen LogP contribution in [0, 0.1) is 17.8 Å². The van der Waals surface area contributed by atoms with E-state index in [2.05, 4.69) is 31.0 Å². The minimum atomic E-state index is 0.703. The van der Waals surface area contributed by atoms with E-state index in [9.17, 15) is 0 Å². The van der Waals surface area contributed by atoms with E-state index >= 15 is 0 Å². The van der Waals surface area contributed by atoms with E-state index < -0.39 is 0 Å². The molecule has 2 rings (SSSR count). The Bertz CT molecular complexity index is 244. The summed E-state index contributed by atoms with van der Waals surface area (Å²) in [6.07, 6.45) is 8.66. The molecule has 0 aromatic carbocycles. The van der Waals surface area contributed by atoms with Crippen molar-refractivity contribution in [1.29, 1.82) is 0 Å². The summed E-state index contributed by atoms with van der Waals surface area (Å²) in [6.45, 7) is 12.2. The van der Waals surface area contributed by atoms with Crippen molar-refractivity contribution >= 4 is 0 Å². The van der Waals surface area contributed by atoms with Crippen molar-refractivity contribution < 1.29 is 0 Å². The summed E-state index contributed by atoms with van der Waals surface area (Å²) < 4.78 is 0. The number of hydrogen-bond acceptors (Lipinski definition) is 2. The molecule has 1 aliphatic heterocycles. The van der Waals surface area contributed by atoms with Crippen LogP contribution in [-0.4, -0.2) is 37.1 Å². The average molecular weight is 266 g/mol. The molecule has 0 bridgehead atoms. The van der Waals surface area contributed by atoms with Gasteiger partial charge in [0.25, 0.3) is 0 Å². The number of nitrogens with zero attached hydrogens (tertiary/aromatic N) is 1. The third-order valence-electron chi connectivity index (χ3n) is 5.38. The molecule has 1 atom stereocenters. The van der Waals surface area contributed by atoms with Gasteiger partial charge in [-0.3, -0.25) is 0 Å². The molecule has 1 aliphatic carbocycles. The number of nitrogens with one attached hydrogen (secondary N) is 1. The van der Waals surface area contributed by atoms with E-state index in [1.54, 1.807) is 0 Å². The Hall–Kier alpha value is -0.0800. The molecule has 0 aromatic rings. The molecule has 0 amide bonds. The lowest BCUT2D eigenvalue weighted by Crippen LogP contribution is -2.42. The Morgan fingerprint density at radius 1 is 1.11 bits per heavy atom. The molecule has 1 N–H and O–H groups in total. The van der Waals surface area contributed by atoms with E-state index in [-0.39, 0.29) is 0 Å². The highest BCUT2D eigenvalue weighted by atomic mass is 15.2. The first-order chi connectivity index (χ1) is 9.19. The van der Waals surface area contributed by atoms with Crippen LogP contribution < -0.4 is 5.32 Å². The van der Waals surface area contributed by atoms with Crippen molar-refractivity contribution in [3.8, 4) is 0 Å². The fraction of sp³-hybridized carbons (Fsp3) is 1.00. The van der Waals surface area contributed by atoms with Crippen LogP contribution in [0.1, 0.15) is 59.3 Å². The summed E-state index contributed by atoms with van der Waals surface area (Å²) in [6, 6.07) is 0.703. The smallest absolute Gasteiger partial charge is 0.0217 e. The zero-order valence-electron chi connectivity index (χ0n) is 13.3. The van der Waals surface area contributed by atoms with E-state index in [1.165, 1.54) is 64.7 Å². The summed E-state index contributed by atoms with van der Waals surface area (Å²) in [5.74, 6) is 2.77. The normalized spacial score (nSPS) is 34.4. The largest absolute Gasteiger partial charge is 0.312 e. The Balaban J connectivity index is 1.78. The number of hydrogen-bond donors (Lipinski definition) is 1. The quantitative estimate of drug-likeness (QED) is 0.837. The summed E-state index contributed by atoms with van der Waals surface area (Å²) in [4.78, 5) is 2.75. The molecule has 112 valence electrons. The predicted octanol–water partition coefficient (Wildman–Crippen LogP) is 3.52. The van der Waals surface area contributed by atoms with Gasteiger partial charge in [0, 0.05) is 19.1 Å². The molecule has 2 fully saturated rings. The maximum Gasteiger partial charge on any atom is 0.0217 e. The Kier molecular flexibility index (Phi) is 6.15. The minimum Gasteiger partial charge on any atom is -0.312 e. The third-order valence-corrected chi connectivity index (χ3v) is 5.38. The van der Waals surface area contributed by atoms with Crippen molar-refractivity contribution in [1.82, 2.24) is 10.2 Å². The fourth-order valence-corrected chi connectivity index (χ4v) is 3.82. The molecule has 0 spiro atoms. The molecule has 1 heterocycles. The van der Waals surface area contributed by atoms with Crippen molar-refractivity contribution in [2.75, 3.05) is 26.2 Å². The lowest BCUT2D eigenvalue weighted by molar-refractivity contribution is 0.169. The zero-order chi connectivity index (χ0) is 13.7. The summed E-state index contributed by atoms with van der Waals surface area (Å²) >= 11 is 0. The van der Waals surface area contributed by atoms with Gasteiger partial charge in [0.05, 0.1) is 0 Å². The van der Waals surface area contributed by atoms with Crippen LogP contribution in [0.15, 0.2) is 0 Å². The average Bonchev–Trinajstić information content (AvgIpc) is 2.65. The zero-order valence-corrected chi connectivity index (χ0v) is 13.3. The maximum atomic E-state index is 3.72. The van der Waals surface area contributed by atoms with E-state index in [4.69, 9.17) is 0 Å². The summed E-state index contributed by atoms with van der Waals surface area (Å²) in [5, 5.41) is 3.72. The fourth-order valence-electron chi connectivity index (χ4n) is 3.82. The van der Waals surface area contributed by atoms with Crippen molar-refractivity contribution in [2.45, 2.75) is 65.3 Å². The Labute approximate surface area is 120 Å². The van der Waals surface area contributed by atoms with Crippen LogP contribution in [-0.2, 0) is 0 Å². The van der Waals surface area contributed by atoms with Gasteiger partial charge in [0.2, 0.25) is 0 Å². The van der Waals surface area contributed by atoms with Gasteiger partial charge in [-0.25, -0.2) is 0 Å². The molecule has 1 saturated carbocycles. The van der Waals surface area contributed by atoms with Crippen LogP contribution in [0.2, 0.25) is 0 Å². The molecule has 19 heavy (non-hydrogen) atoms. The number of rotatable bonds is 4. The first kappa shape index (κ1) is 15.3. The molecule has 2 heteroatoms. The van der Waals surface area contributed by atoms with Gasteiger partial charge in [-0.1, -0.05) is 40.0 Å². The summed E-state index contributed by atoms with van der Waals surface area (Å²) in [7, 11) is 0. The van der Waals surface area contributed by atoms with E-state index in [0.29, 0.717) is 6.04 Å². The maximum absolute atomic E-state index is 3.72. The van der Waals surface area contributed by atoms with Gasteiger partial charge in [-0.15, -0.1) is 0 Å². The minimum absolute atomic E-state index is 0.703. The van der Waals surface area contributed by atoms with Gasteiger partial charge >= 0.3 is 0 Å². The van der Waals surface area contributed by atoms with Crippen LogP contribution in [0.25, 0.3) is 0 Å². The van der Waals surface area contributed by atoms with Gasteiger partial charge in [-0.2, -0.15) is 0 Å². The van der Waals surface area contributed by atoms with Gasteiger partial charge in [-0.05, 0) is 50.1 Å². The van der Waals surface area contributed by atoms with Crippen molar-refractivity contribution in [3.63, 3.8) is 0 Å². The first-order valence-corrected chi connectivity index (χ1v) is 8.64. The van der Waals surface area contributed by atoms with Crippen LogP contribution in [0.4, 0.5) is 0 Å². The van der Waals surface area contributed by atoms with E-state index in [0.717, 1.165) is 17.8 Å². The second-order valence-electron chi connectivity index (χ2n) is 7.21. The van der Waals surface area contributed by atoms with Crippen molar-refractivity contribution in [2.24, 2.45) is 17.8 Å². The van der Waals surface area contributed by atoms with Crippen LogP contribution >= 0.6 is 0 Å². The standard InChI is InChI=1S/C17H34N2/c1-4-15-6-8-16(9-7-15)12-19-11-5-10-18-17(13-19)14(2)3/h14-18H,4-13H2,1-3H3. The Morgan fingerprint density at radius 2 is 1.79 bits per heavy atom. The lowest BCUT2D eigenvalue weighted by Gasteiger charge is -2.33. The highest BCUT2D eigenvalue weighted by Gasteiger charge is 2.25. The SMILES string of the molecule is CCC1CCC(CN2CCCNC(C(C)C)C2)CC1. The van der Waals surface area contributed by atoms with Crippen molar-refractivity contribution in [3.05, 3.63) is 0 Å². The molecule has 1 unspecified atom stereocenters. The molecular weight excluding hydrogens is 232 g/mol. The summed E-state index contributed by atoms with van der Waals surface area (Å²) in [5.41, 5.74) is 0. The van der Waals surface area contributed by atoms with Gasteiger partial charge < -0.3 is 10.2 Å². The first-order valence-electron chi connectivity index (χ1n) is 8.64. The molecular formula is C17H34N2. The van der Waals surface area contributed by atoms with Crippen LogP contribution in [0.5, 0.6) is 0 Å². The second kappa shape index (κ2) is 7.64. The predicted molar refractivity (Wildman–Crippen MR) is 83.4 cm³/mol. The van der Waals surface area contributed by atoms with Crippen LogP contribution in [0.3, 0.4) is 0 Å². The Morgan fingerprint density at radius 3 is 2.42 bits per heavy atom. The van der Waals surface area contributed by atoms with E-state index in [1.807, 2.05) is 0 Å². The molecule has 2 nitrogen and oxygen atoms in total. The molecule has 1 saturated heterocycles. The third kappa shape index (κ3) is 4.75. The van der Waals surface area contributed by atoms with Gasteiger partial charge in [0.15, 0.2) is 0 Å². The molecule has 0 radical (unpaired) electrons. The second-order valence-corrected chi connectivity index (χ2v) is 7.21.